The minimum Gasteiger partial charge on any atom is -0.346 e. The van der Waals surface area contributed by atoms with Crippen LogP contribution < -0.4 is 10.0 Å². The summed E-state index contributed by atoms with van der Waals surface area (Å²) in [6.45, 7) is 2.10. The van der Waals surface area contributed by atoms with Gasteiger partial charge in [-0.25, -0.2) is 4.98 Å². The molecule has 0 bridgehead atoms. The molecular weight excluding hydrogens is 296 g/mol. The van der Waals surface area contributed by atoms with E-state index < -0.39 is 0 Å². The number of nitrogens with one attached hydrogen (secondary N) is 3. The molecule has 0 unspecified atom stereocenters. The van der Waals surface area contributed by atoms with Crippen molar-refractivity contribution in [2.24, 2.45) is 0 Å². The van der Waals surface area contributed by atoms with Crippen LogP contribution in [-0.4, -0.2) is 22.1 Å². The molecule has 5 nitrogen and oxygen atoms in total. The lowest BCUT2D eigenvalue weighted by Crippen LogP contribution is -1.97. The highest BCUT2D eigenvalue weighted by Gasteiger charge is 2.08. The highest BCUT2D eigenvalue weighted by molar-refractivity contribution is 8.00. The first-order chi connectivity index (χ1) is 10.8. The summed E-state index contributed by atoms with van der Waals surface area (Å²) < 4.78 is 3.28. The summed E-state index contributed by atoms with van der Waals surface area (Å²) in [6, 6.07) is 12.1. The number of hydrogen-bond donors (Lipinski definition) is 3. The standard InChI is InChI=1S/C16H16N4OS/c1-2-22-20-12-5-3-11(4-6-12)14-9-15(18-10-21)19-16-13(14)7-8-17-16/h3-10,20H,2H2,1H3,(H2,17,18,19,21). The molecule has 6 heteroatoms. The van der Waals surface area contributed by atoms with Gasteiger partial charge < -0.3 is 15.0 Å². The summed E-state index contributed by atoms with van der Waals surface area (Å²) >= 11 is 1.66. The average molecular weight is 312 g/mol. The van der Waals surface area contributed by atoms with Gasteiger partial charge in [-0.2, -0.15) is 0 Å². The predicted octanol–water partition coefficient (Wildman–Crippen LogP) is 3.88. The summed E-state index contributed by atoms with van der Waals surface area (Å²) in [5.41, 5.74) is 3.94. The molecule has 0 aliphatic heterocycles. The number of carbonyl (C=O) groups is 1. The second-order valence-electron chi connectivity index (χ2n) is 4.67. The van der Waals surface area contributed by atoms with E-state index in [-0.39, 0.29) is 0 Å². The first-order valence-corrected chi connectivity index (χ1v) is 7.97. The highest BCUT2D eigenvalue weighted by atomic mass is 32.2. The Bertz CT molecular complexity index is 782. The van der Waals surface area contributed by atoms with Crippen LogP contribution in [0, 0.1) is 0 Å². The van der Waals surface area contributed by atoms with Crippen LogP contribution in [0.2, 0.25) is 0 Å². The Morgan fingerprint density at radius 1 is 1.27 bits per heavy atom. The number of pyridine rings is 1. The number of aromatic amines is 1. The zero-order valence-corrected chi connectivity index (χ0v) is 12.9. The van der Waals surface area contributed by atoms with Crippen molar-refractivity contribution in [1.29, 1.82) is 0 Å². The van der Waals surface area contributed by atoms with E-state index in [1.165, 1.54) is 0 Å². The van der Waals surface area contributed by atoms with Crippen molar-refractivity contribution in [2.45, 2.75) is 6.92 Å². The molecule has 1 aromatic carbocycles. The molecule has 2 aromatic heterocycles. The molecular formula is C16H16N4OS. The van der Waals surface area contributed by atoms with Gasteiger partial charge in [0.1, 0.15) is 11.5 Å². The topological polar surface area (TPSA) is 69.8 Å². The van der Waals surface area contributed by atoms with E-state index in [1.807, 2.05) is 30.5 Å². The van der Waals surface area contributed by atoms with Crippen molar-refractivity contribution >= 4 is 40.9 Å². The molecule has 112 valence electrons. The number of H-pyrrole nitrogens is 1. The number of amides is 1. The van der Waals surface area contributed by atoms with Gasteiger partial charge in [-0.3, -0.25) is 4.79 Å². The van der Waals surface area contributed by atoms with E-state index in [2.05, 4.69) is 39.1 Å². The monoisotopic (exact) mass is 312 g/mol. The van der Waals surface area contributed by atoms with Gasteiger partial charge in [-0.05, 0) is 35.4 Å². The van der Waals surface area contributed by atoms with Crippen LogP contribution in [0.5, 0.6) is 0 Å². The summed E-state index contributed by atoms with van der Waals surface area (Å²) in [4.78, 5) is 18.1. The molecule has 3 rings (SSSR count). The fourth-order valence-corrected chi connectivity index (χ4v) is 2.73. The molecule has 0 aliphatic carbocycles. The van der Waals surface area contributed by atoms with Gasteiger partial charge in [0.15, 0.2) is 0 Å². The summed E-state index contributed by atoms with van der Waals surface area (Å²) in [7, 11) is 0. The molecule has 0 spiro atoms. The first-order valence-electron chi connectivity index (χ1n) is 6.98. The van der Waals surface area contributed by atoms with Gasteiger partial charge >= 0.3 is 0 Å². The third kappa shape index (κ3) is 2.92. The minimum absolute atomic E-state index is 0.531. The van der Waals surface area contributed by atoms with E-state index in [4.69, 9.17) is 0 Å². The minimum atomic E-state index is 0.531. The molecule has 0 saturated carbocycles. The van der Waals surface area contributed by atoms with Crippen molar-refractivity contribution in [2.75, 3.05) is 15.8 Å². The Balaban J connectivity index is 2.00. The average Bonchev–Trinajstić information content (AvgIpc) is 3.01. The van der Waals surface area contributed by atoms with Crippen molar-refractivity contribution in [3.8, 4) is 11.1 Å². The maximum absolute atomic E-state index is 10.7. The van der Waals surface area contributed by atoms with Crippen molar-refractivity contribution < 1.29 is 4.79 Å². The predicted molar refractivity (Wildman–Crippen MR) is 93.0 cm³/mol. The fourth-order valence-electron chi connectivity index (χ4n) is 2.28. The Morgan fingerprint density at radius 3 is 2.82 bits per heavy atom. The van der Waals surface area contributed by atoms with Gasteiger partial charge in [0.2, 0.25) is 6.41 Å². The molecule has 22 heavy (non-hydrogen) atoms. The maximum atomic E-state index is 10.7. The molecule has 0 saturated heterocycles. The SMILES string of the molecule is CCSNc1ccc(-c2cc(NC=O)nc3[nH]ccc23)cc1. The molecule has 0 radical (unpaired) electrons. The van der Waals surface area contributed by atoms with Crippen LogP contribution in [0.4, 0.5) is 11.5 Å². The van der Waals surface area contributed by atoms with Gasteiger partial charge in [-0.1, -0.05) is 31.0 Å². The fraction of sp³-hybridized carbons (Fsp3) is 0.125. The lowest BCUT2D eigenvalue weighted by Gasteiger charge is -2.08. The van der Waals surface area contributed by atoms with Crippen LogP contribution in [-0.2, 0) is 4.79 Å². The maximum Gasteiger partial charge on any atom is 0.212 e. The number of benzene rings is 1. The molecule has 0 atom stereocenters. The van der Waals surface area contributed by atoms with Crippen molar-refractivity contribution in [3.05, 3.63) is 42.6 Å². The lowest BCUT2D eigenvalue weighted by atomic mass is 10.0. The Labute approximate surface area is 132 Å². The van der Waals surface area contributed by atoms with Crippen LogP contribution in [0.25, 0.3) is 22.2 Å². The Kier molecular flexibility index (Phi) is 4.29. The molecule has 3 N–H and O–H groups in total. The molecule has 3 aromatic rings. The smallest absolute Gasteiger partial charge is 0.212 e. The normalized spacial score (nSPS) is 10.6. The van der Waals surface area contributed by atoms with Crippen molar-refractivity contribution in [3.63, 3.8) is 0 Å². The number of nitrogens with zero attached hydrogens (tertiary/aromatic N) is 1. The zero-order chi connectivity index (χ0) is 15.4. The second kappa shape index (κ2) is 6.53. The molecule has 0 fully saturated rings. The number of anilines is 2. The second-order valence-corrected chi connectivity index (χ2v) is 5.74. The first kappa shape index (κ1) is 14.5. The van der Waals surface area contributed by atoms with Gasteiger partial charge in [-0.15, -0.1) is 0 Å². The number of hydrogen-bond acceptors (Lipinski definition) is 4. The summed E-state index contributed by atoms with van der Waals surface area (Å²) in [6.07, 6.45) is 2.48. The number of aromatic nitrogens is 2. The third-order valence-electron chi connectivity index (χ3n) is 3.27. The van der Waals surface area contributed by atoms with E-state index in [0.717, 1.165) is 33.6 Å². The van der Waals surface area contributed by atoms with Crippen LogP contribution in [0.1, 0.15) is 6.92 Å². The lowest BCUT2D eigenvalue weighted by molar-refractivity contribution is -0.105. The van der Waals surface area contributed by atoms with Crippen LogP contribution >= 0.6 is 11.9 Å². The Morgan fingerprint density at radius 2 is 2.09 bits per heavy atom. The molecule has 0 aliphatic rings. The quantitative estimate of drug-likeness (QED) is 0.477. The van der Waals surface area contributed by atoms with E-state index >= 15 is 0 Å². The zero-order valence-electron chi connectivity index (χ0n) is 12.1. The van der Waals surface area contributed by atoms with E-state index in [1.54, 1.807) is 11.9 Å². The van der Waals surface area contributed by atoms with Crippen molar-refractivity contribution in [1.82, 2.24) is 9.97 Å². The highest BCUT2D eigenvalue weighted by Crippen LogP contribution is 2.30. The summed E-state index contributed by atoms with van der Waals surface area (Å²) in [5, 5.41) is 3.64. The van der Waals surface area contributed by atoms with Gasteiger partial charge in [0.25, 0.3) is 0 Å². The van der Waals surface area contributed by atoms with Gasteiger partial charge in [0, 0.05) is 23.0 Å². The van der Waals surface area contributed by atoms with E-state index in [0.29, 0.717) is 12.2 Å². The summed E-state index contributed by atoms with van der Waals surface area (Å²) in [5.74, 6) is 1.54. The number of rotatable bonds is 6. The van der Waals surface area contributed by atoms with Crippen LogP contribution in [0.15, 0.2) is 42.6 Å². The number of fused-ring (bicyclic) bond motifs is 1. The van der Waals surface area contributed by atoms with Crippen LogP contribution in [0.3, 0.4) is 0 Å². The van der Waals surface area contributed by atoms with Gasteiger partial charge in [0.05, 0.1) is 0 Å². The number of carbonyl (C=O) groups excluding carboxylic acids is 1. The molecule has 1 amide bonds. The van der Waals surface area contributed by atoms with E-state index in [9.17, 15) is 4.79 Å². The third-order valence-corrected chi connectivity index (χ3v) is 3.93. The molecule has 2 heterocycles. The largest absolute Gasteiger partial charge is 0.346 e. The Hall–Kier alpha value is -2.47.